The molecule has 56 heavy (non-hydrogen) atoms. The predicted octanol–water partition coefficient (Wildman–Crippen LogP) is 15.5. The predicted molar refractivity (Wildman–Crippen MR) is 241 cm³/mol. The number of aromatic nitrogens is 1. The van der Waals surface area contributed by atoms with E-state index in [4.69, 9.17) is 0 Å². The Bertz CT molecular complexity index is 3230. The number of hydrogen-bond donors (Lipinski definition) is 0. The van der Waals surface area contributed by atoms with Crippen LogP contribution in [0.25, 0.3) is 103 Å². The molecule has 0 saturated carbocycles. The van der Waals surface area contributed by atoms with E-state index in [1.807, 2.05) is 11.3 Å². The van der Waals surface area contributed by atoms with Gasteiger partial charge >= 0.3 is 0 Å². The van der Waals surface area contributed by atoms with Gasteiger partial charge in [-0.25, -0.2) is 0 Å². The van der Waals surface area contributed by atoms with Crippen LogP contribution < -0.4 is 0 Å². The second-order valence-electron chi connectivity index (χ2n) is 14.5. The van der Waals surface area contributed by atoms with Gasteiger partial charge < -0.3 is 4.57 Å². The van der Waals surface area contributed by atoms with Crippen LogP contribution in [-0.2, 0) is 0 Å². The number of benzene rings is 9. The number of nitrogens with zero attached hydrogens (tertiary/aromatic N) is 1. The first-order valence-corrected chi connectivity index (χ1v) is 20.0. The zero-order chi connectivity index (χ0) is 37.0. The molecule has 2 heteroatoms. The molecule has 9 aromatic carbocycles. The van der Waals surface area contributed by atoms with Crippen molar-refractivity contribution in [3.05, 3.63) is 212 Å². The molecule has 1 nitrogen and oxygen atoms in total. The zero-order valence-corrected chi connectivity index (χ0v) is 31.4. The highest BCUT2D eigenvalue weighted by molar-refractivity contribution is 7.26. The number of rotatable bonds is 6. The van der Waals surface area contributed by atoms with E-state index in [-0.39, 0.29) is 0 Å². The van der Waals surface area contributed by atoms with Crippen molar-refractivity contribution in [1.82, 2.24) is 4.57 Å². The van der Waals surface area contributed by atoms with Crippen LogP contribution in [0.1, 0.15) is 0 Å². The maximum atomic E-state index is 2.42. The fourth-order valence-electron chi connectivity index (χ4n) is 8.54. The summed E-state index contributed by atoms with van der Waals surface area (Å²) in [6.07, 6.45) is 0. The Morgan fingerprint density at radius 2 is 0.839 bits per heavy atom. The topological polar surface area (TPSA) is 4.93 Å². The van der Waals surface area contributed by atoms with Crippen molar-refractivity contribution in [2.24, 2.45) is 0 Å². The monoisotopic (exact) mass is 729 g/mol. The molecule has 0 unspecified atom stereocenters. The zero-order valence-electron chi connectivity index (χ0n) is 30.6. The Hall–Kier alpha value is -7.00. The Labute approximate surface area is 330 Å². The summed E-state index contributed by atoms with van der Waals surface area (Å²) >= 11 is 1.89. The van der Waals surface area contributed by atoms with E-state index in [1.165, 1.54) is 103 Å². The molecule has 0 radical (unpaired) electrons. The van der Waals surface area contributed by atoms with E-state index >= 15 is 0 Å². The lowest BCUT2D eigenvalue weighted by atomic mass is 9.95. The quantitative estimate of drug-likeness (QED) is 0.161. The van der Waals surface area contributed by atoms with Crippen molar-refractivity contribution in [2.45, 2.75) is 0 Å². The molecular formula is C54H35NS. The molecule has 0 fully saturated rings. The van der Waals surface area contributed by atoms with Crippen LogP contribution in [0, 0.1) is 0 Å². The van der Waals surface area contributed by atoms with Gasteiger partial charge in [0.2, 0.25) is 0 Å². The molecule has 11 rings (SSSR count). The second kappa shape index (κ2) is 13.4. The maximum Gasteiger partial charge on any atom is 0.0547 e. The van der Waals surface area contributed by atoms with Crippen molar-refractivity contribution >= 4 is 53.3 Å². The molecular weight excluding hydrogens is 695 g/mol. The highest BCUT2D eigenvalue weighted by Gasteiger charge is 2.18. The molecule has 0 aliphatic heterocycles. The highest BCUT2D eigenvalue weighted by Crippen LogP contribution is 2.44. The molecule has 0 aliphatic rings. The van der Waals surface area contributed by atoms with Crippen molar-refractivity contribution in [2.75, 3.05) is 0 Å². The van der Waals surface area contributed by atoms with Gasteiger partial charge in [-0.2, -0.15) is 0 Å². The summed E-state index contributed by atoms with van der Waals surface area (Å²) in [5, 5.41) is 5.14. The van der Waals surface area contributed by atoms with Crippen molar-refractivity contribution < 1.29 is 0 Å². The molecule has 262 valence electrons. The molecule has 0 N–H and O–H groups in total. The van der Waals surface area contributed by atoms with Gasteiger partial charge in [-0.15, -0.1) is 11.3 Å². The number of fused-ring (bicyclic) bond motifs is 6. The molecule has 2 heterocycles. The van der Waals surface area contributed by atoms with Crippen LogP contribution in [0.4, 0.5) is 0 Å². The standard InChI is InChI=1S/C54H35NS/c1-4-14-36(15-5-1)38-18-10-19-39(32-38)40-20-11-21-41(33-40)42-29-31-52-48(34-42)47-26-12-25-46(54(47)56-52)43-28-30-50-49(35-43)53-45(37-16-6-2-7-17-37)24-13-27-51(53)55(50)44-22-8-3-9-23-44/h1-35H. The van der Waals surface area contributed by atoms with E-state index < -0.39 is 0 Å². The van der Waals surface area contributed by atoms with Crippen LogP contribution in [0.3, 0.4) is 0 Å². The Kier molecular flexibility index (Phi) is 7.75. The van der Waals surface area contributed by atoms with Gasteiger partial charge in [0.05, 0.1) is 11.0 Å². The average Bonchev–Trinajstić information content (AvgIpc) is 3.83. The van der Waals surface area contributed by atoms with Gasteiger partial charge in [0.1, 0.15) is 0 Å². The van der Waals surface area contributed by atoms with Crippen LogP contribution in [-0.4, -0.2) is 4.57 Å². The third-order valence-corrected chi connectivity index (χ3v) is 12.4. The SMILES string of the molecule is c1ccc(-c2cccc(-c3cccc(-c4ccc5sc6c(-c7ccc8c(c7)c7c(-c9ccccc9)cccc7n8-c7ccccc7)cccc6c5c4)c3)c2)cc1. The van der Waals surface area contributed by atoms with Crippen molar-refractivity contribution in [3.63, 3.8) is 0 Å². The lowest BCUT2D eigenvalue weighted by molar-refractivity contribution is 1.18. The first-order valence-electron chi connectivity index (χ1n) is 19.2. The summed E-state index contributed by atoms with van der Waals surface area (Å²) in [4.78, 5) is 0. The molecule has 0 spiro atoms. The number of hydrogen-bond acceptors (Lipinski definition) is 1. The minimum atomic E-state index is 1.17. The smallest absolute Gasteiger partial charge is 0.0547 e. The number of thiophene rings is 1. The van der Waals surface area contributed by atoms with E-state index in [0.29, 0.717) is 0 Å². The third kappa shape index (κ3) is 5.46. The summed E-state index contributed by atoms with van der Waals surface area (Å²) in [5.74, 6) is 0. The van der Waals surface area contributed by atoms with Crippen LogP contribution in [0.5, 0.6) is 0 Å². The van der Waals surface area contributed by atoms with Crippen molar-refractivity contribution in [1.29, 1.82) is 0 Å². The molecule has 0 amide bonds. The normalized spacial score (nSPS) is 11.6. The van der Waals surface area contributed by atoms with Gasteiger partial charge in [0, 0.05) is 36.6 Å². The van der Waals surface area contributed by atoms with E-state index in [0.717, 1.165) is 0 Å². The first-order chi connectivity index (χ1) is 27.8. The molecule has 11 aromatic rings. The molecule has 0 saturated heterocycles. The lowest BCUT2D eigenvalue weighted by Crippen LogP contribution is -1.93. The number of para-hydroxylation sites is 1. The van der Waals surface area contributed by atoms with E-state index in [1.54, 1.807) is 0 Å². The van der Waals surface area contributed by atoms with Gasteiger partial charge in [-0.1, -0.05) is 158 Å². The fourth-order valence-corrected chi connectivity index (χ4v) is 9.76. The summed E-state index contributed by atoms with van der Waals surface area (Å²) in [7, 11) is 0. The fraction of sp³-hybridized carbons (Fsp3) is 0. The minimum Gasteiger partial charge on any atom is -0.309 e. The lowest BCUT2D eigenvalue weighted by Gasteiger charge is -2.09. The van der Waals surface area contributed by atoms with Crippen LogP contribution in [0.2, 0.25) is 0 Å². The summed E-state index contributed by atoms with van der Waals surface area (Å²) < 4.78 is 5.04. The average molecular weight is 730 g/mol. The van der Waals surface area contributed by atoms with E-state index in [2.05, 4.69) is 217 Å². The molecule has 2 aromatic heterocycles. The molecule has 0 atom stereocenters. The third-order valence-electron chi connectivity index (χ3n) is 11.2. The Balaban J connectivity index is 1.03. The van der Waals surface area contributed by atoms with Crippen LogP contribution in [0.15, 0.2) is 212 Å². The molecule has 0 aliphatic carbocycles. The van der Waals surface area contributed by atoms with Gasteiger partial charge in [0.25, 0.3) is 0 Å². The molecule has 0 bridgehead atoms. The Morgan fingerprint density at radius 3 is 1.55 bits per heavy atom. The van der Waals surface area contributed by atoms with Gasteiger partial charge in [0.15, 0.2) is 0 Å². The second-order valence-corrected chi connectivity index (χ2v) is 15.5. The summed E-state index contributed by atoms with van der Waals surface area (Å²) in [5.41, 5.74) is 15.9. The summed E-state index contributed by atoms with van der Waals surface area (Å²) in [6.45, 7) is 0. The largest absolute Gasteiger partial charge is 0.309 e. The first kappa shape index (κ1) is 32.4. The van der Waals surface area contributed by atoms with E-state index in [9.17, 15) is 0 Å². The maximum absolute atomic E-state index is 2.42. The summed E-state index contributed by atoms with van der Waals surface area (Å²) in [6, 6.07) is 77.5. The van der Waals surface area contributed by atoms with Gasteiger partial charge in [-0.05, 0) is 110 Å². The van der Waals surface area contributed by atoms with Gasteiger partial charge in [-0.3, -0.25) is 0 Å². The van der Waals surface area contributed by atoms with Crippen LogP contribution >= 0.6 is 11.3 Å². The highest BCUT2D eigenvalue weighted by atomic mass is 32.1. The minimum absolute atomic E-state index is 1.17. The van der Waals surface area contributed by atoms with Crippen molar-refractivity contribution in [3.8, 4) is 61.3 Å². The Morgan fingerprint density at radius 1 is 0.304 bits per heavy atom.